The van der Waals surface area contributed by atoms with Gasteiger partial charge < -0.3 is 24.4 Å². The van der Waals surface area contributed by atoms with E-state index >= 15 is 0 Å². The van der Waals surface area contributed by atoms with E-state index in [9.17, 15) is 9.59 Å². The normalized spacial score (nSPS) is 19.2. The van der Waals surface area contributed by atoms with Crippen LogP contribution < -0.4 is 24.4 Å². The maximum Gasteiger partial charge on any atom is 0.251 e. The van der Waals surface area contributed by atoms with E-state index in [-0.39, 0.29) is 25.2 Å². The number of nitrogens with one attached hydrogen (secondary N) is 1. The first-order valence-electron chi connectivity index (χ1n) is 11.1. The van der Waals surface area contributed by atoms with Crippen LogP contribution in [-0.2, 0) is 10.2 Å². The van der Waals surface area contributed by atoms with Crippen LogP contribution in [0.2, 0.25) is 5.02 Å². The molecule has 7 nitrogen and oxygen atoms in total. The first-order chi connectivity index (χ1) is 16.6. The van der Waals surface area contributed by atoms with Crippen LogP contribution in [0.15, 0.2) is 60.7 Å². The first-order valence-corrected chi connectivity index (χ1v) is 11.5. The third-order valence-corrected chi connectivity index (χ3v) is 6.81. The van der Waals surface area contributed by atoms with Gasteiger partial charge >= 0.3 is 0 Å². The molecule has 0 radical (unpaired) electrons. The molecule has 34 heavy (non-hydrogen) atoms. The van der Waals surface area contributed by atoms with Gasteiger partial charge in [0.05, 0.1) is 0 Å². The summed E-state index contributed by atoms with van der Waals surface area (Å²) in [5.74, 6) is 1.66. The third kappa shape index (κ3) is 3.11. The topological polar surface area (TPSA) is 77.1 Å². The molecule has 6 rings (SSSR count). The van der Waals surface area contributed by atoms with Crippen molar-refractivity contribution in [2.75, 3.05) is 31.4 Å². The highest BCUT2D eigenvalue weighted by atomic mass is 35.5. The maximum absolute atomic E-state index is 13.9. The minimum absolute atomic E-state index is 0.0347. The molecule has 0 aromatic heterocycles. The molecule has 3 aliphatic heterocycles. The van der Waals surface area contributed by atoms with Crippen molar-refractivity contribution in [1.82, 2.24) is 5.32 Å². The van der Waals surface area contributed by atoms with Crippen LogP contribution in [0.5, 0.6) is 17.2 Å². The number of rotatable bonds is 5. The number of halogens is 1. The van der Waals surface area contributed by atoms with Gasteiger partial charge in [0.1, 0.15) is 17.8 Å². The van der Waals surface area contributed by atoms with Crippen LogP contribution in [0.4, 0.5) is 5.69 Å². The number of anilines is 1. The Balaban J connectivity index is 1.22. The molecule has 2 amide bonds. The van der Waals surface area contributed by atoms with Crippen molar-refractivity contribution < 1.29 is 23.8 Å². The zero-order valence-corrected chi connectivity index (χ0v) is 18.9. The summed E-state index contributed by atoms with van der Waals surface area (Å²) in [6.07, 6.45) is 0.595. The van der Waals surface area contributed by atoms with Crippen LogP contribution in [0.3, 0.4) is 0 Å². The van der Waals surface area contributed by atoms with E-state index in [2.05, 4.69) is 5.32 Å². The molecule has 1 unspecified atom stereocenters. The predicted octanol–water partition coefficient (Wildman–Crippen LogP) is 3.91. The van der Waals surface area contributed by atoms with Crippen molar-refractivity contribution in [1.29, 1.82) is 0 Å². The SMILES string of the molecule is O=C(NCCCN1C(=O)C2(COc3cc4c(cc32)OCO4)c2ccccc21)c1cccc(Cl)c1. The number of ether oxygens (including phenoxy) is 3. The Labute approximate surface area is 201 Å². The van der Waals surface area contributed by atoms with Gasteiger partial charge in [-0.15, -0.1) is 0 Å². The molecule has 1 N–H and O–H groups in total. The molecule has 1 spiro atoms. The number of carbonyl (C=O) groups is 2. The van der Waals surface area contributed by atoms with Gasteiger partial charge in [0, 0.05) is 41.0 Å². The number of para-hydroxylation sites is 1. The average molecular weight is 477 g/mol. The number of amides is 2. The molecule has 0 aliphatic carbocycles. The van der Waals surface area contributed by atoms with Gasteiger partial charge in [-0.05, 0) is 42.3 Å². The molecule has 3 aliphatic rings. The Bertz CT molecular complexity index is 1330. The van der Waals surface area contributed by atoms with Crippen molar-refractivity contribution in [3.05, 3.63) is 82.4 Å². The lowest BCUT2D eigenvalue weighted by molar-refractivity contribution is -0.122. The van der Waals surface area contributed by atoms with Gasteiger partial charge in [-0.1, -0.05) is 35.9 Å². The lowest BCUT2D eigenvalue weighted by Gasteiger charge is -2.23. The molecular weight excluding hydrogens is 456 g/mol. The second-order valence-corrected chi connectivity index (χ2v) is 8.93. The number of carbonyl (C=O) groups excluding carboxylic acids is 2. The van der Waals surface area contributed by atoms with Gasteiger partial charge in [0.15, 0.2) is 11.5 Å². The van der Waals surface area contributed by atoms with Crippen LogP contribution in [0.1, 0.15) is 27.9 Å². The van der Waals surface area contributed by atoms with Crippen molar-refractivity contribution in [2.45, 2.75) is 11.8 Å². The summed E-state index contributed by atoms with van der Waals surface area (Å²) in [7, 11) is 0. The summed E-state index contributed by atoms with van der Waals surface area (Å²) in [6, 6.07) is 18.3. The average Bonchev–Trinajstić information content (AvgIpc) is 3.52. The highest BCUT2D eigenvalue weighted by molar-refractivity contribution is 6.31. The fourth-order valence-corrected chi connectivity index (χ4v) is 5.15. The van der Waals surface area contributed by atoms with Crippen molar-refractivity contribution >= 4 is 29.1 Å². The molecule has 1 atom stereocenters. The highest BCUT2D eigenvalue weighted by Crippen LogP contribution is 2.54. The van der Waals surface area contributed by atoms with E-state index in [1.807, 2.05) is 30.3 Å². The van der Waals surface area contributed by atoms with Crippen LogP contribution in [0.25, 0.3) is 0 Å². The molecule has 3 heterocycles. The molecule has 8 heteroatoms. The third-order valence-electron chi connectivity index (χ3n) is 6.57. The molecule has 0 saturated carbocycles. The van der Waals surface area contributed by atoms with Crippen molar-refractivity contribution in [2.24, 2.45) is 0 Å². The van der Waals surface area contributed by atoms with E-state index in [0.717, 1.165) is 16.8 Å². The van der Waals surface area contributed by atoms with Gasteiger partial charge in [-0.2, -0.15) is 0 Å². The smallest absolute Gasteiger partial charge is 0.251 e. The predicted molar refractivity (Wildman–Crippen MR) is 126 cm³/mol. The molecule has 3 aromatic carbocycles. The molecule has 0 fully saturated rings. The highest BCUT2D eigenvalue weighted by Gasteiger charge is 2.57. The minimum atomic E-state index is -0.920. The largest absolute Gasteiger partial charge is 0.491 e. The van der Waals surface area contributed by atoms with E-state index in [0.29, 0.717) is 47.3 Å². The molecule has 0 saturated heterocycles. The van der Waals surface area contributed by atoms with Gasteiger partial charge in [0.2, 0.25) is 12.7 Å². The Morgan fingerprint density at radius 2 is 1.79 bits per heavy atom. The fourth-order valence-electron chi connectivity index (χ4n) is 4.96. The summed E-state index contributed by atoms with van der Waals surface area (Å²) in [5, 5.41) is 3.42. The summed E-state index contributed by atoms with van der Waals surface area (Å²) in [5.41, 5.74) is 2.17. The van der Waals surface area contributed by atoms with Crippen LogP contribution >= 0.6 is 11.6 Å². The second kappa shape index (κ2) is 7.95. The summed E-state index contributed by atoms with van der Waals surface area (Å²) < 4.78 is 17.0. The number of nitrogens with zero attached hydrogens (tertiary/aromatic N) is 1. The minimum Gasteiger partial charge on any atom is -0.491 e. The maximum atomic E-state index is 13.9. The summed E-state index contributed by atoms with van der Waals surface area (Å²) in [4.78, 5) is 28.1. The first kappa shape index (κ1) is 20.9. The van der Waals surface area contributed by atoms with Crippen molar-refractivity contribution in [3.63, 3.8) is 0 Å². The molecule has 172 valence electrons. The number of hydrogen-bond acceptors (Lipinski definition) is 5. The molecular formula is C26H21ClN2O5. The zero-order valence-electron chi connectivity index (χ0n) is 18.2. The van der Waals surface area contributed by atoms with Gasteiger partial charge in [-0.25, -0.2) is 0 Å². The Hall–Kier alpha value is -3.71. The summed E-state index contributed by atoms with van der Waals surface area (Å²) >= 11 is 5.98. The summed E-state index contributed by atoms with van der Waals surface area (Å²) in [6.45, 7) is 1.27. The number of hydrogen-bond donors (Lipinski definition) is 1. The Kier molecular flexibility index (Phi) is 4.88. The zero-order chi connectivity index (χ0) is 23.3. The standard InChI is InChI=1S/C26H21ClN2O5/c27-17-6-3-5-16(11-17)24(30)28-9-4-10-29-20-8-2-1-7-18(20)26(25(29)31)14-32-21-13-23-22(12-19(21)26)33-15-34-23/h1-3,5-8,11-13H,4,9-10,14-15H2,(H,28,30). The monoisotopic (exact) mass is 476 g/mol. The molecule has 0 bridgehead atoms. The van der Waals surface area contributed by atoms with Crippen LogP contribution in [0, 0.1) is 0 Å². The van der Waals surface area contributed by atoms with Crippen molar-refractivity contribution in [3.8, 4) is 17.2 Å². The second-order valence-electron chi connectivity index (χ2n) is 8.49. The Morgan fingerprint density at radius 3 is 2.65 bits per heavy atom. The van der Waals surface area contributed by atoms with E-state index < -0.39 is 5.41 Å². The lowest BCUT2D eigenvalue weighted by Crippen LogP contribution is -2.43. The quantitative estimate of drug-likeness (QED) is 0.565. The fraction of sp³-hybridized carbons (Fsp3) is 0.231. The van der Waals surface area contributed by atoms with E-state index in [1.54, 1.807) is 35.2 Å². The van der Waals surface area contributed by atoms with Gasteiger partial charge in [-0.3, -0.25) is 9.59 Å². The molecule has 3 aromatic rings. The van der Waals surface area contributed by atoms with E-state index in [4.69, 9.17) is 25.8 Å². The number of benzene rings is 3. The lowest BCUT2D eigenvalue weighted by atomic mass is 9.77. The van der Waals surface area contributed by atoms with Gasteiger partial charge in [0.25, 0.3) is 5.91 Å². The van der Waals surface area contributed by atoms with Crippen LogP contribution in [-0.4, -0.2) is 38.3 Å². The van der Waals surface area contributed by atoms with E-state index in [1.165, 1.54) is 0 Å². The Morgan fingerprint density at radius 1 is 0.971 bits per heavy atom. The number of fused-ring (bicyclic) bond motifs is 5.